The minimum atomic E-state index is -0.188. The number of fused-ring (bicyclic) bond motifs is 1. The summed E-state index contributed by atoms with van der Waals surface area (Å²) in [4.78, 5) is 31.4. The maximum absolute atomic E-state index is 13.6. The lowest BCUT2D eigenvalue weighted by Crippen LogP contribution is -2.48. The van der Waals surface area contributed by atoms with Crippen LogP contribution in [0.1, 0.15) is 27.6 Å². The third-order valence-corrected chi connectivity index (χ3v) is 7.28. The van der Waals surface area contributed by atoms with Crippen molar-refractivity contribution in [1.29, 1.82) is 0 Å². The van der Waals surface area contributed by atoms with E-state index >= 15 is 0 Å². The van der Waals surface area contributed by atoms with E-state index in [0.29, 0.717) is 26.3 Å². The number of thiophene rings is 1. The van der Waals surface area contributed by atoms with Gasteiger partial charge in [0, 0.05) is 25.1 Å². The molecular weight excluding hydrogens is 460 g/mol. The van der Waals surface area contributed by atoms with Gasteiger partial charge in [0.25, 0.3) is 0 Å². The van der Waals surface area contributed by atoms with Crippen LogP contribution >= 0.6 is 11.3 Å². The van der Waals surface area contributed by atoms with Crippen LogP contribution in [0.4, 0.5) is 0 Å². The van der Waals surface area contributed by atoms with Crippen LogP contribution < -0.4 is 4.74 Å². The number of amides is 2. The van der Waals surface area contributed by atoms with Crippen molar-refractivity contribution >= 4 is 23.2 Å². The molecule has 1 atom stereocenters. The molecule has 0 bridgehead atoms. The first kappa shape index (κ1) is 24.9. The number of carbonyl (C=O) groups excluding carboxylic acids is 2. The van der Waals surface area contributed by atoms with Gasteiger partial charge in [-0.2, -0.15) is 0 Å². The van der Waals surface area contributed by atoms with Crippen LogP contribution in [0.15, 0.2) is 66.0 Å². The monoisotopic (exact) mass is 492 g/mol. The quantitative estimate of drug-likeness (QED) is 0.424. The number of aryl methyl sites for hydroxylation is 1. The second-order valence-electron chi connectivity index (χ2n) is 8.75. The van der Waals surface area contributed by atoms with Gasteiger partial charge in [-0.3, -0.25) is 9.59 Å². The van der Waals surface area contributed by atoms with E-state index in [4.69, 9.17) is 9.47 Å². The number of carbonyl (C=O) groups is 2. The Morgan fingerprint density at radius 1 is 1.09 bits per heavy atom. The van der Waals surface area contributed by atoms with E-state index in [9.17, 15) is 9.59 Å². The maximum atomic E-state index is 13.6. The highest BCUT2D eigenvalue weighted by Crippen LogP contribution is 2.34. The van der Waals surface area contributed by atoms with Crippen molar-refractivity contribution < 1.29 is 19.1 Å². The predicted octanol–water partition coefficient (Wildman–Crippen LogP) is 4.28. The van der Waals surface area contributed by atoms with Crippen LogP contribution in [0.3, 0.4) is 0 Å². The Morgan fingerprint density at radius 2 is 1.86 bits per heavy atom. The molecule has 0 radical (unpaired) electrons. The number of rotatable bonds is 10. The van der Waals surface area contributed by atoms with Gasteiger partial charge in [-0.25, -0.2) is 0 Å². The van der Waals surface area contributed by atoms with Crippen LogP contribution in [0, 0.1) is 6.92 Å². The standard InChI is InChI=1S/C28H32N2O4S/c1-21-8-10-23(11-9-21)34-20-25-24-13-17-35-26(24)12-14-30(25)28(32)19-29(15-16-33-2)27(31)18-22-6-4-3-5-7-22/h3-11,13,17,25H,12,14-16,18-20H2,1-2H3/t25-/m0/s1. The second-order valence-corrected chi connectivity index (χ2v) is 9.75. The Hall–Kier alpha value is -3.16. The smallest absolute Gasteiger partial charge is 0.242 e. The van der Waals surface area contributed by atoms with Crippen molar-refractivity contribution in [2.45, 2.75) is 25.8 Å². The van der Waals surface area contributed by atoms with Gasteiger partial charge in [0.15, 0.2) is 0 Å². The molecule has 0 saturated heterocycles. The summed E-state index contributed by atoms with van der Waals surface area (Å²) in [5, 5.41) is 2.08. The summed E-state index contributed by atoms with van der Waals surface area (Å²) in [7, 11) is 1.60. The lowest BCUT2D eigenvalue weighted by molar-refractivity contribution is -0.142. The molecule has 0 unspecified atom stereocenters. The van der Waals surface area contributed by atoms with E-state index in [-0.39, 0.29) is 30.8 Å². The molecule has 0 aliphatic carbocycles. The van der Waals surface area contributed by atoms with Gasteiger partial charge in [0.2, 0.25) is 11.8 Å². The van der Waals surface area contributed by atoms with Crippen molar-refractivity contribution in [3.63, 3.8) is 0 Å². The highest BCUT2D eigenvalue weighted by molar-refractivity contribution is 7.10. The molecule has 0 fully saturated rings. The van der Waals surface area contributed by atoms with E-state index in [1.165, 1.54) is 10.4 Å². The number of methoxy groups -OCH3 is 1. The Balaban J connectivity index is 1.48. The van der Waals surface area contributed by atoms with Gasteiger partial charge in [0.1, 0.15) is 12.4 Å². The molecule has 2 aromatic carbocycles. The van der Waals surface area contributed by atoms with Crippen LogP contribution in [0.25, 0.3) is 0 Å². The zero-order valence-corrected chi connectivity index (χ0v) is 21.1. The molecule has 2 heterocycles. The van der Waals surface area contributed by atoms with Gasteiger partial charge in [-0.15, -0.1) is 11.3 Å². The number of benzene rings is 2. The van der Waals surface area contributed by atoms with Crippen LogP contribution in [0.5, 0.6) is 5.75 Å². The Morgan fingerprint density at radius 3 is 2.60 bits per heavy atom. The van der Waals surface area contributed by atoms with Gasteiger partial charge in [-0.05, 0) is 48.1 Å². The molecule has 0 saturated carbocycles. The van der Waals surface area contributed by atoms with Crippen molar-refractivity contribution in [3.05, 3.63) is 87.6 Å². The minimum Gasteiger partial charge on any atom is -0.491 e. The van der Waals surface area contributed by atoms with E-state index in [0.717, 1.165) is 23.3 Å². The lowest BCUT2D eigenvalue weighted by atomic mass is 10.0. The molecule has 35 heavy (non-hydrogen) atoms. The summed E-state index contributed by atoms with van der Waals surface area (Å²) in [5.41, 5.74) is 3.24. The molecular formula is C28H32N2O4S. The molecule has 7 heteroatoms. The molecule has 4 rings (SSSR count). The third-order valence-electron chi connectivity index (χ3n) is 6.29. The minimum absolute atomic E-state index is 0.0233. The largest absolute Gasteiger partial charge is 0.491 e. The Labute approximate surface area is 211 Å². The van der Waals surface area contributed by atoms with E-state index < -0.39 is 0 Å². The Bertz CT molecular complexity index is 1110. The average Bonchev–Trinajstić information content (AvgIpc) is 3.35. The lowest BCUT2D eigenvalue weighted by Gasteiger charge is -2.37. The normalized spacial score (nSPS) is 14.9. The number of ether oxygens (including phenoxy) is 2. The maximum Gasteiger partial charge on any atom is 0.242 e. The number of nitrogens with zero attached hydrogens (tertiary/aromatic N) is 2. The molecule has 0 N–H and O–H groups in total. The SMILES string of the molecule is COCCN(CC(=O)N1CCc2sccc2[C@@H]1COc1ccc(C)cc1)C(=O)Cc1ccccc1. The Kier molecular flexibility index (Phi) is 8.55. The van der Waals surface area contributed by atoms with Gasteiger partial charge >= 0.3 is 0 Å². The van der Waals surface area contributed by atoms with Crippen molar-refractivity contribution in [2.75, 3.05) is 40.0 Å². The highest BCUT2D eigenvalue weighted by Gasteiger charge is 2.33. The van der Waals surface area contributed by atoms with Crippen molar-refractivity contribution in [3.8, 4) is 5.75 Å². The summed E-state index contributed by atoms with van der Waals surface area (Å²) in [6, 6.07) is 19.4. The predicted molar refractivity (Wildman–Crippen MR) is 138 cm³/mol. The fraction of sp³-hybridized carbons (Fsp3) is 0.357. The first-order valence-corrected chi connectivity index (χ1v) is 12.8. The summed E-state index contributed by atoms with van der Waals surface area (Å²) in [6.07, 6.45) is 1.07. The van der Waals surface area contributed by atoms with Gasteiger partial charge in [-0.1, -0.05) is 48.0 Å². The molecule has 2 amide bonds. The van der Waals surface area contributed by atoms with Gasteiger partial charge < -0.3 is 19.3 Å². The summed E-state index contributed by atoms with van der Waals surface area (Å²) in [6.45, 7) is 3.79. The molecule has 184 valence electrons. The molecule has 3 aromatic rings. The summed E-state index contributed by atoms with van der Waals surface area (Å²) < 4.78 is 11.3. The fourth-order valence-electron chi connectivity index (χ4n) is 4.31. The highest BCUT2D eigenvalue weighted by atomic mass is 32.1. The molecule has 0 spiro atoms. The van der Waals surface area contributed by atoms with Crippen LogP contribution in [-0.2, 0) is 27.2 Å². The molecule has 1 aromatic heterocycles. The number of hydrogen-bond donors (Lipinski definition) is 0. The second kappa shape index (κ2) is 12.0. The topological polar surface area (TPSA) is 59.1 Å². The fourth-order valence-corrected chi connectivity index (χ4v) is 5.24. The third kappa shape index (κ3) is 6.50. The van der Waals surface area contributed by atoms with Crippen molar-refractivity contribution in [2.24, 2.45) is 0 Å². The summed E-state index contributed by atoms with van der Waals surface area (Å²) >= 11 is 1.72. The molecule has 1 aliphatic heterocycles. The molecule has 6 nitrogen and oxygen atoms in total. The summed E-state index contributed by atoms with van der Waals surface area (Å²) in [5.74, 6) is 0.629. The first-order chi connectivity index (χ1) is 17.0. The van der Waals surface area contributed by atoms with Crippen molar-refractivity contribution in [1.82, 2.24) is 9.80 Å². The van der Waals surface area contributed by atoms with E-state index in [1.54, 1.807) is 23.3 Å². The van der Waals surface area contributed by atoms with Gasteiger partial charge in [0.05, 0.1) is 25.6 Å². The number of hydrogen-bond acceptors (Lipinski definition) is 5. The first-order valence-electron chi connectivity index (χ1n) is 11.9. The van der Waals surface area contributed by atoms with E-state index in [1.807, 2.05) is 66.4 Å². The zero-order chi connectivity index (χ0) is 24.6. The molecule has 1 aliphatic rings. The van der Waals surface area contributed by atoms with Crippen LogP contribution in [0.2, 0.25) is 0 Å². The van der Waals surface area contributed by atoms with E-state index in [2.05, 4.69) is 11.4 Å². The zero-order valence-electron chi connectivity index (χ0n) is 20.3. The van der Waals surface area contributed by atoms with Crippen LogP contribution in [-0.4, -0.2) is 61.6 Å². The average molecular weight is 493 g/mol.